The number of thiazole rings is 1. The summed E-state index contributed by atoms with van der Waals surface area (Å²) in [5, 5.41) is 3.19. The van der Waals surface area contributed by atoms with Crippen molar-refractivity contribution in [1.82, 2.24) is 9.88 Å². The number of anilines is 1. The first-order chi connectivity index (χ1) is 13.3. The van der Waals surface area contributed by atoms with Gasteiger partial charge in [0.05, 0.1) is 34.2 Å². The van der Waals surface area contributed by atoms with E-state index in [0.29, 0.717) is 28.5 Å². The van der Waals surface area contributed by atoms with Gasteiger partial charge in [-0.1, -0.05) is 11.3 Å². The lowest BCUT2D eigenvalue weighted by Crippen LogP contribution is -2.43. The van der Waals surface area contributed by atoms with Crippen molar-refractivity contribution in [2.45, 2.75) is 24.7 Å². The van der Waals surface area contributed by atoms with E-state index in [1.165, 1.54) is 17.4 Å². The van der Waals surface area contributed by atoms with Crippen LogP contribution < -0.4 is 5.32 Å². The van der Waals surface area contributed by atoms with E-state index in [2.05, 4.69) is 10.3 Å². The van der Waals surface area contributed by atoms with Crippen LogP contribution in [0.5, 0.6) is 0 Å². The molecule has 0 spiro atoms. The molecule has 1 aromatic carbocycles. The molecule has 28 heavy (non-hydrogen) atoms. The molecule has 1 aliphatic rings. The minimum atomic E-state index is -3.30. The Kier molecular flexibility index (Phi) is 6.31. The lowest BCUT2D eigenvalue weighted by molar-refractivity contribution is -0.150. The molecule has 152 valence electrons. The first-order valence-electron chi connectivity index (χ1n) is 9.05. The number of likely N-dealkylation sites (tertiary alicyclic amines) is 1. The Labute approximate surface area is 167 Å². The lowest BCUT2D eigenvalue weighted by atomic mass is 9.98. The fraction of sp³-hybridized carbons (Fsp3) is 0.500. The van der Waals surface area contributed by atoms with Gasteiger partial charge in [-0.15, -0.1) is 0 Å². The van der Waals surface area contributed by atoms with Gasteiger partial charge in [-0.05, 0) is 44.5 Å². The number of rotatable bonds is 6. The molecule has 2 aromatic rings. The van der Waals surface area contributed by atoms with Gasteiger partial charge in [0.1, 0.15) is 0 Å². The second kappa shape index (κ2) is 8.54. The smallest absolute Gasteiger partial charge is 0.310 e. The van der Waals surface area contributed by atoms with Crippen LogP contribution >= 0.6 is 11.3 Å². The summed E-state index contributed by atoms with van der Waals surface area (Å²) < 4.78 is 29.1. The average molecular weight is 426 g/mol. The summed E-state index contributed by atoms with van der Waals surface area (Å²) in [4.78, 5) is 30.8. The van der Waals surface area contributed by atoms with Crippen LogP contribution in [-0.2, 0) is 24.2 Å². The summed E-state index contributed by atoms with van der Waals surface area (Å²) in [6, 6.07) is 4.70. The minimum absolute atomic E-state index is 0.167. The summed E-state index contributed by atoms with van der Waals surface area (Å²) in [6.45, 7) is 3.56. The molecule has 0 radical (unpaired) electrons. The summed E-state index contributed by atoms with van der Waals surface area (Å²) in [7, 11) is -3.30. The number of fused-ring (bicyclic) bond motifs is 1. The maximum atomic E-state index is 12.4. The highest BCUT2D eigenvalue weighted by Gasteiger charge is 2.27. The molecule has 0 aliphatic carbocycles. The Morgan fingerprint density at radius 1 is 1.39 bits per heavy atom. The number of hydrogen-bond acceptors (Lipinski definition) is 8. The van der Waals surface area contributed by atoms with Gasteiger partial charge < -0.3 is 10.1 Å². The molecular formula is C18H23N3O5S2. The Hall–Kier alpha value is -2.04. The van der Waals surface area contributed by atoms with E-state index in [-0.39, 0.29) is 29.2 Å². The van der Waals surface area contributed by atoms with Gasteiger partial charge in [-0.2, -0.15) is 0 Å². The van der Waals surface area contributed by atoms with Crippen molar-refractivity contribution in [3.8, 4) is 0 Å². The van der Waals surface area contributed by atoms with Gasteiger partial charge in [-0.3, -0.25) is 14.5 Å². The second-order valence-corrected chi connectivity index (χ2v) is 9.84. The molecule has 8 nitrogen and oxygen atoms in total. The number of aromatic nitrogens is 1. The molecule has 1 aromatic heterocycles. The van der Waals surface area contributed by atoms with Crippen molar-refractivity contribution in [3.63, 3.8) is 0 Å². The predicted molar refractivity (Wildman–Crippen MR) is 107 cm³/mol. The Balaban J connectivity index is 1.62. The predicted octanol–water partition coefficient (Wildman–Crippen LogP) is 1.91. The zero-order valence-electron chi connectivity index (χ0n) is 15.8. The van der Waals surface area contributed by atoms with Crippen molar-refractivity contribution in [3.05, 3.63) is 18.2 Å². The number of hydrogen-bond donors (Lipinski definition) is 1. The van der Waals surface area contributed by atoms with Crippen LogP contribution in [0.3, 0.4) is 0 Å². The van der Waals surface area contributed by atoms with E-state index in [0.717, 1.165) is 25.6 Å². The molecule has 2 heterocycles. The van der Waals surface area contributed by atoms with E-state index in [1.54, 1.807) is 19.1 Å². The number of carbonyl (C=O) groups is 2. The maximum Gasteiger partial charge on any atom is 0.310 e. The summed E-state index contributed by atoms with van der Waals surface area (Å²) in [6.07, 6.45) is 2.77. The molecule has 1 aliphatic heterocycles. The highest BCUT2D eigenvalue weighted by molar-refractivity contribution is 7.90. The van der Waals surface area contributed by atoms with Gasteiger partial charge in [0.15, 0.2) is 15.0 Å². The van der Waals surface area contributed by atoms with Crippen molar-refractivity contribution < 1.29 is 22.7 Å². The Bertz CT molecular complexity index is 986. The highest BCUT2D eigenvalue weighted by atomic mass is 32.2. The van der Waals surface area contributed by atoms with Crippen LogP contribution in [0.15, 0.2) is 23.1 Å². The topological polar surface area (TPSA) is 106 Å². The molecule has 10 heteroatoms. The van der Waals surface area contributed by atoms with Crippen LogP contribution in [0.4, 0.5) is 5.13 Å². The van der Waals surface area contributed by atoms with E-state index < -0.39 is 9.84 Å². The monoisotopic (exact) mass is 425 g/mol. The molecule has 1 amide bonds. The summed E-state index contributed by atoms with van der Waals surface area (Å²) >= 11 is 1.23. The third kappa shape index (κ3) is 5.06. The van der Waals surface area contributed by atoms with Crippen molar-refractivity contribution in [1.29, 1.82) is 0 Å². The Morgan fingerprint density at radius 3 is 2.89 bits per heavy atom. The van der Waals surface area contributed by atoms with Crippen LogP contribution in [0.1, 0.15) is 19.8 Å². The largest absolute Gasteiger partial charge is 0.466 e. The van der Waals surface area contributed by atoms with Gasteiger partial charge in [0, 0.05) is 12.8 Å². The zero-order chi connectivity index (χ0) is 20.3. The number of carbonyl (C=O) groups excluding carboxylic acids is 2. The van der Waals surface area contributed by atoms with E-state index in [9.17, 15) is 18.0 Å². The number of sulfone groups is 1. The van der Waals surface area contributed by atoms with Crippen molar-refractivity contribution in [2.75, 3.05) is 37.8 Å². The third-order valence-corrected chi connectivity index (χ3v) is 6.57. The molecule has 1 saturated heterocycles. The molecule has 3 rings (SSSR count). The molecule has 1 atom stereocenters. The Morgan fingerprint density at radius 2 is 2.18 bits per heavy atom. The summed E-state index contributed by atoms with van der Waals surface area (Å²) in [5.41, 5.74) is 0.632. The van der Waals surface area contributed by atoms with Gasteiger partial charge >= 0.3 is 5.97 Å². The number of nitrogens with zero attached hydrogens (tertiary/aromatic N) is 2. The highest BCUT2D eigenvalue weighted by Crippen LogP contribution is 2.28. The van der Waals surface area contributed by atoms with E-state index >= 15 is 0 Å². The molecule has 1 N–H and O–H groups in total. The lowest BCUT2D eigenvalue weighted by Gasteiger charge is -2.30. The molecule has 1 unspecified atom stereocenters. The standard InChI is InChI=1S/C18H23N3O5S2/c1-3-26-17(23)12-5-4-8-21(10-12)11-16(22)20-18-19-14-7-6-13(28(2,24)25)9-15(14)27-18/h6-7,9,12H,3-5,8,10-11H2,1-2H3,(H,19,20,22). The average Bonchev–Trinajstić information content (AvgIpc) is 3.02. The number of ether oxygens (including phenoxy) is 1. The van der Waals surface area contributed by atoms with E-state index in [1.807, 2.05) is 4.90 Å². The SMILES string of the molecule is CCOC(=O)C1CCCN(CC(=O)Nc2nc3ccc(S(C)(=O)=O)cc3s2)C1. The van der Waals surface area contributed by atoms with Crippen LogP contribution in [0.2, 0.25) is 0 Å². The number of benzene rings is 1. The van der Waals surface area contributed by atoms with Crippen LogP contribution in [0, 0.1) is 5.92 Å². The van der Waals surface area contributed by atoms with Gasteiger partial charge in [0.2, 0.25) is 5.91 Å². The fourth-order valence-corrected chi connectivity index (χ4v) is 4.85. The molecule has 1 fully saturated rings. The molecular weight excluding hydrogens is 402 g/mol. The van der Waals surface area contributed by atoms with Crippen LogP contribution in [0.25, 0.3) is 10.2 Å². The summed E-state index contributed by atoms with van der Waals surface area (Å²) in [5.74, 6) is -0.620. The second-order valence-electron chi connectivity index (χ2n) is 6.80. The normalized spacial score (nSPS) is 18.1. The van der Waals surface area contributed by atoms with Crippen molar-refractivity contribution >= 4 is 48.4 Å². The van der Waals surface area contributed by atoms with E-state index in [4.69, 9.17) is 4.74 Å². The number of esters is 1. The zero-order valence-corrected chi connectivity index (χ0v) is 17.4. The first-order valence-corrected chi connectivity index (χ1v) is 11.8. The molecule has 0 bridgehead atoms. The van der Waals surface area contributed by atoms with Crippen molar-refractivity contribution in [2.24, 2.45) is 5.92 Å². The van der Waals surface area contributed by atoms with Gasteiger partial charge in [0.25, 0.3) is 0 Å². The quantitative estimate of drug-likeness (QED) is 0.705. The van der Waals surface area contributed by atoms with Gasteiger partial charge in [-0.25, -0.2) is 13.4 Å². The number of amides is 1. The fourth-order valence-electron chi connectivity index (χ4n) is 3.20. The maximum absolute atomic E-state index is 12.4. The third-order valence-electron chi connectivity index (χ3n) is 4.53. The minimum Gasteiger partial charge on any atom is -0.466 e. The first kappa shape index (κ1) is 20.7. The van der Waals surface area contributed by atoms with Crippen LogP contribution in [-0.4, -0.2) is 62.7 Å². The number of piperidine rings is 1. The number of nitrogens with one attached hydrogen (secondary N) is 1. The molecule has 0 saturated carbocycles.